The first-order valence-electron chi connectivity index (χ1n) is 9.25. The van der Waals surface area contributed by atoms with Crippen molar-refractivity contribution >= 4 is 17.7 Å². The molecule has 0 aliphatic carbocycles. The van der Waals surface area contributed by atoms with Crippen molar-refractivity contribution in [2.45, 2.75) is 32.6 Å². The molecule has 2 heterocycles. The van der Waals surface area contributed by atoms with E-state index in [4.69, 9.17) is 0 Å². The number of carbonyl (C=O) groups is 3. The third-order valence-corrected chi connectivity index (χ3v) is 5.64. The van der Waals surface area contributed by atoms with Gasteiger partial charge in [-0.1, -0.05) is 17.7 Å². The summed E-state index contributed by atoms with van der Waals surface area (Å²) in [6.45, 7) is 4.52. The summed E-state index contributed by atoms with van der Waals surface area (Å²) in [4.78, 5) is 39.9. The summed E-state index contributed by atoms with van der Waals surface area (Å²) in [6, 6.07) is 7.37. The SMILES string of the molecule is Cc1ccc(C(=O)NCCC(=O)N2CCC3(CC2)CC(=O)N(C)C3)cc1. The van der Waals surface area contributed by atoms with Crippen LogP contribution in [-0.4, -0.2) is 60.7 Å². The van der Waals surface area contributed by atoms with E-state index in [0.29, 0.717) is 38.0 Å². The van der Waals surface area contributed by atoms with Gasteiger partial charge in [-0.15, -0.1) is 0 Å². The highest BCUT2D eigenvalue weighted by Gasteiger charge is 2.44. The molecule has 2 aliphatic rings. The summed E-state index contributed by atoms with van der Waals surface area (Å²) in [5.74, 6) is 0.133. The molecule has 0 atom stereocenters. The van der Waals surface area contributed by atoms with Gasteiger partial charge in [-0.2, -0.15) is 0 Å². The number of aryl methyl sites for hydroxylation is 1. The number of nitrogens with one attached hydrogen (secondary N) is 1. The maximum atomic E-state index is 12.4. The number of benzene rings is 1. The van der Waals surface area contributed by atoms with Crippen LogP contribution in [0.25, 0.3) is 0 Å². The van der Waals surface area contributed by atoms with E-state index in [1.807, 2.05) is 31.0 Å². The van der Waals surface area contributed by atoms with Crippen LogP contribution < -0.4 is 5.32 Å². The zero-order valence-corrected chi connectivity index (χ0v) is 15.6. The monoisotopic (exact) mass is 357 g/mol. The molecular weight excluding hydrogens is 330 g/mol. The molecule has 26 heavy (non-hydrogen) atoms. The predicted octanol–water partition coefficient (Wildman–Crippen LogP) is 1.59. The van der Waals surface area contributed by atoms with Crippen LogP contribution in [0.15, 0.2) is 24.3 Å². The molecule has 1 aromatic carbocycles. The van der Waals surface area contributed by atoms with Crippen molar-refractivity contribution in [1.29, 1.82) is 0 Å². The van der Waals surface area contributed by atoms with Crippen molar-refractivity contribution in [1.82, 2.24) is 15.1 Å². The number of amides is 3. The highest BCUT2D eigenvalue weighted by atomic mass is 16.2. The summed E-state index contributed by atoms with van der Waals surface area (Å²) >= 11 is 0. The molecule has 2 saturated heterocycles. The summed E-state index contributed by atoms with van der Waals surface area (Å²) in [7, 11) is 1.85. The molecule has 0 saturated carbocycles. The average Bonchev–Trinajstić information content (AvgIpc) is 2.89. The largest absolute Gasteiger partial charge is 0.352 e. The molecule has 6 heteroatoms. The smallest absolute Gasteiger partial charge is 0.251 e. The lowest BCUT2D eigenvalue weighted by Gasteiger charge is -2.38. The molecule has 6 nitrogen and oxygen atoms in total. The Bertz CT molecular complexity index is 691. The van der Waals surface area contributed by atoms with Crippen molar-refractivity contribution in [3.63, 3.8) is 0 Å². The number of nitrogens with zero attached hydrogens (tertiary/aromatic N) is 2. The van der Waals surface area contributed by atoms with E-state index in [1.54, 1.807) is 17.0 Å². The molecule has 3 amide bonds. The quantitative estimate of drug-likeness (QED) is 0.890. The van der Waals surface area contributed by atoms with Crippen molar-refractivity contribution < 1.29 is 14.4 Å². The molecule has 1 spiro atoms. The summed E-state index contributed by atoms with van der Waals surface area (Å²) in [5.41, 5.74) is 1.77. The van der Waals surface area contributed by atoms with Gasteiger partial charge in [-0.25, -0.2) is 0 Å². The third-order valence-electron chi connectivity index (χ3n) is 5.64. The van der Waals surface area contributed by atoms with Crippen LogP contribution in [-0.2, 0) is 9.59 Å². The Labute approximate surface area is 154 Å². The van der Waals surface area contributed by atoms with E-state index >= 15 is 0 Å². The Morgan fingerprint density at radius 3 is 2.38 bits per heavy atom. The molecule has 140 valence electrons. The molecule has 0 radical (unpaired) electrons. The maximum absolute atomic E-state index is 12.4. The van der Waals surface area contributed by atoms with E-state index in [0.717, 1.165) is 24.9 Å². The zero-order chi connectivity index (χ0) is 18.7. The first kappa shape index (κ1) is 18.4. The Balaban J connectivity index is 1.41. The van der Waals surface area contributed by atoms with Gasteiger partial charge in [-0.05, 0) is 31.9 Å². The van der Waals surface area contributed by atoms with Gasteiger partial charge >= 0.3 is 0 Å². The maximum Gasteiger partial charge on any atom is 0.251 e. The van der Waals surface area contributed by atoms with Crippen LogP contribution in [0.4, 0.5) is 0 Å². The van der Waals surface area contributed by atoms with Crippen molar-refractivity contribution in [3.8, 4) is 0 Å². The Morgan fingerprint density at radius 2 is 1.81 bits per heavy atom. The molecule has 3 rings (SSSR count). The van der Waals surface area contributed by atoms with E-state index in [1.165, 1.54) is 0 Å². The van der Waals surface area contributed by atoms with Crippen LogP contribution >= 0.6 is 0 Å². The minimum absolute atomic E-state index is 0.0578. The van der Waals surface area contributed by atoms with Gasteiger partial charge in [0.05, 0.1) is 0 Å². The van der Waals surface area contributed by atoms with Gasteiger partial charge in [-0.3, -0.25) is 14.4 Å². The van der Waals surface area contributed by atoms with E-state index in [-0.39, 0.29) is 23.1 Å². The normalized spacial score (nSPS) is 19.1. The highest BCUT2D eigenvalue weighted by Crippen LogP contribution is 2.40. The van der Waals surface area contributed by atoms with Crippen LogP contribution in [0.5, 0.6) is 0 Å². The average molecular weight is 357 g/mol. The number of hydrogen-bond donors (Lipinski definition) is 1. The second-order valence-corrected chi connectivity index (χ2v) is 7.68. The predicted molar refractivity (Wildman–Crippen MR) is 98.6 cm³/mol. The zero-order valence-electron chi connectivity index (χ0n) is 15.6. The minimum atomic E-state index is -0.150. The summed E-state index contributed by atoms with van der Waals surface area (Å²) < 4.78 is 0. The minimum Gasteiger partial charge on any atom is -0.352 e. The first-order valence-corrected chi connectivity index (χ1v) is 9.25. The lowest BCUT2D eigenvalue weighted by molar-refractivity contribution is -0.133. The number of piperidine rings is 1. The van der Waals surface area contributed by atoms with Crippen LogP contribution in [0, 0.1) is 12.3 Å². The highest BCUT2D eigenvalue weighted by molar-refractivity contribution is 5.94. The van der Waals surface area contributed by atoms with E-state index in [2.05, 4.69) is 5.32 Å². The summed E-state index contributed by atoms with van der Waals surface area (Å²) in [5, 5.41) is 2.81. The number of carbonyl (C=O) groups excluding carboxylic acids is 3. The fraction of sp³-hybridized carbons (Fsp3) is 0.550. The van der Waals surface area contributed by atoms with Gasteiger partial charge in [0.15, 0.2) is 0 Å². The standard InChI is InChI=1S/C20H27N3O3/c1-15-3-5-16(6-4-15)19(26)21-10-7-17(24)23-11-8-20(9-12-23)13-18(25)22(2)14-20/h3-6H,7-14H2,1-2H3,(H,21,26). The molecule has 2 fully saturated rings. The fourth-order valence-electron chi connectivity index (χ4n) is 3.92. The Kier molecular flexibility index (Phi) is 5.30. The number of hydrogen-bond acceptors (Lipinski definition) is 3. The topological polar surface area (TPSA) is 69.7 Å². The Hall–Kier alpha value is -2.37. The lowest BCUT2D eigenvalue weighted by Crippen LogP contribution is -2.44. The van der Waals surface area contributed by atoms with Crippen LogP contribution in [0.1, 0.15) is 41.6 Å². The second kappa shape index (κ2) is 7.48. The molecule has 0 bridgehead atoms. The van der Waals surface area contributed by atoms with Crippen molar-refractivity contribution in [2.75, 3.05) is 33.2 Å². The van der Waals surface area contributed by atoms with Gasteiger partial charge in [0.2, 0.25) is 11.8 Å². The first-order chi connectivity index (χ1) is 12.4. The molecule has 0 aromatic heterocycles. The van der Waals surface area contributed by atoms with Crippen molar-refractivity contribution in [2.24, 2.45) is 5.41 Å². The molecule has 2 aliphatic heterocycles. The van der Waals surface area contributed by atoms with E-state index in [9.17, 15) is 14.4 Å². The number of likely N-dealkylation sites (tertiary alicyclic amines) is 2. The van der Waals surface area contributed by atoms with Crippen molar-refractivity contribution in [3.05, 3.63) is 35.4 Å². The molecule has 0 unspecified atom stereocenters. The molecule has 1 N–H and O–H groups in total. The second-order valence-electron chi connectivity index (χ2n) is 7.68. The van der Waals surface area contributed by atoms with Gasteiger partial charge in [0.25, 0.3) is 5.91 Å². The third kappa shape index (κ3) is 4.06. The lowest BCUT2D eigenvalue weighted by atomic mass is 9.77. The van der Waals surface area contributed by atoms with Crippen LogP contribution in [0.2, 0.25) is 0 Å². The van der Waals surface area contributed by atoms with Crippen LogP contribution in [0.3, 0.4) is 0 Å². The van der Waals surface area contributed by atoms with Gasteiger partial charge in [0.1, 0.15) is 0 Å². The van der Waals surface area contributed by atoms with Gasteiger partial charge in [0, 0.05) is 57.0 Å². The fourth-order valence-corrected chi connectivity index (χ4v) is 3.92. The number of rotatable bonds is 4. The summed E-state index contributed by atoms with van der Waals surface area (Å²) in [6.07, 6.45) is 2.68. The molecule has 1 aromatic rings. The molecular formula is C20H27N3O3. The van der Waals surface area contributed by atoms with Gasteiger partial charge < -0.3 is 15.1 Å². The Morgan fingerprint density at radius 1 is 1.15 bits per heavy atom. The van der Waals surface area contributed by atoms with E-state index < -0.39 is 0 Å².